The topological polar surface area (TPSA) is 93.6 Å². The third-order valence-corrected chi connectivity index (χ3v) is 4.83. The first kappa shape index (κ1) is 18.6. The Balaban J connectivity index is 1.79. The number of carbonyl (C=O) groups excluding carboxylic acids is 1. The number of nitrogens with zero attached hydrogens (tertiary/aromatic N) is 3. The van der Waals surface area contributed by atoms with E-state index in [-0.39, 0.29) is 11.9 Å². The van der Waals surface area contributed by atoms with Gasteiger partial charge < -0.3 is 24.0 Å². The van der Waals surface area contributed by atoms with E-state index >= 15 is 0 Å². The molecule has 26 heavy (non-hydrogen) atoms. The number of nitrogens with one attached hydrogen (secondary N) is 1. The molecule has 1 fully saturated rings. The van der Waals surface area contributed by atoms with Crippen molar-refractivity contribution in [3.8, 4) is 0 Å². The van der Waals surface area contributed by atoms with Gasteiger partial charge in [0.2, 0.25) is 5.91 Å². The summed E-state index contributed by atoms with van der Waals surface area (Å²) in [5.41, 5.74) is 3.49. The van der Waals surface area contributed by atoms with E-state index in [1.54, 1.807) is 0 Å². The number of aromatic nitrogens is 2. The molecule has 0 aliphatic carbocycles. The Bertz CT molecular complexity index is 674. The van der Waals surface area contributed by atoms with Gasteiger partial charge in [0.25, 0.3) is 0 Å². The Labute approximate surface area is 152 Å². The average Bonchev–Trinajstić information content (AvgIpc) is 3.11. The first-order chi connectivity index (χ1) is 12.5. The van der Waals surface area contributed by atoms with Crippen LogP contribution in [0.15, 0.2) is 9.05 Å². The molecule has 1 unspecified atom stereocenters. The van der Waals surface area contributed by atoms with E-state index in [1.165, 1.54) is 0 Å². The summed E-state index contributed by atoms with van der Waals surface area (Å²) in [6.07, 6.45) is 0.382. The highest BCUT2D eigenvalue weighted by Crippen LogP contribution is 2.21. The summed E-state index contributed by atoms with van der Waals surface area (Å²) in [5.74, 6) is 1.52. The molecule has 0 saturated carbocycles. The second-order valence-corrected chi connectivity index (χ2v) is 6.79. The molecule has 1 amide bonds. The third kappa shape index (κ3) is 4.13. The number of ether oxygens (including phenoxy) is 1. The van der Waals surface area contributed by atoms with Crippen molar-refractivity contribution in [1.29, 1.82) is 0 Å². The van der Waals surface area contributed by atoms with Crippen molar-refractivity contribution in [1.82, 2.24) is 20.5 Å². The monoisotopic (exact) mass is 362 g/mol. The van der Waals surface area contributed by atoms with Gasteiger partial charge in [-0.05, 0) is 27.7 Å². The van der Waals surface area contributed by atoms with Crippen molar-refractivity contribution in [2.75, 3.05) is 19.8 Å². The third-order valence-electron chi connectivity index (χ3n) is 4.83. The highest BCUT2D eigenvalue weighted by molar-refractivity contribution is 5.77. The summed E-state index contributed by atoms with van der Waals surface area (Å²) in [6.45, 7) is 10.4. The summed E-state index contributed by atoms with van der Waals surface area (Å²) >= 11 is 0. The summed E-state index contributed by atoms with van der Waals surface area (Å²) in [7, 11) is 0. The Morgan fingerprint density at radius 3 is 2.08 bits per heavy atom. The van der Waals surface area contributed by atoms with Crippen LogP contribution in [0, 0.1) is 27.7 Å². The molecule has 142 valence electrons. The molecule has 0 spiro atoms. The average molecular weight is 362 g/mol. The van der Waals surface area contributed by atoms with Crippen LogP contribution in [-0.4, -0.2) is 46.9 Å². The van der Waals surface area contributed by atoms with Crippen LogP contribution < -0.4 is 5.32 Å². The minimum atomic E-state index is 0.0353. The van der Waals surface area contributed by atoms with Gasteiger partial charge in [-0.25, -0.2) is 0 Å². The standard InChI is InChI=1S/C18H26N4O4/c1-11-16(13(3)25-20-11)8-22(9-17-12(2)21-26-14(17)4)18(23)7-15-10-24-6-5-19-15/h15,19H,5-10H2,1-4H3. The predicted octanol–water partition coefficient (Wildman–Crippen LogP) is 1.80. The van der Waals surface area contributed by atoms with Crippen molar-refractivity contribution in [3.63, 3.8) is 0 Å². The number of hydrogen-bond donors (Lipinski definition) is 1. The highest BCUT2D eigenvalue weighted by atomic mass is 16.5. The molecule has 1 aliphatic heterocycles. The van der Waals surface area contributed by atoms with Crippen LogP contribution in [-0.2, 0) is 22.6 Å². The summed E-state index contributed by atoms with van der Waals surface area (Å²) in [6, 6.07) is 0.0353. The van der Waals surface area contributed by atoms with E-state index in [0.717, 1.165) is 40.6 Å². The number of amides is 1. The van der Waals surface area contributed by atoms with Crippen molar-refractivity contribution >= 4 is 5.91 Å². The van der Waals surface area contributed by atoms with Crippen LogP contribution in [0.5, 0.6) is 0 Å². The van der Waals surface area contributed by atoms with Crippen LogP contribution in [0.3, 0.4) is 0 Å². The SMILES string of the molecule is Cc1noc(C)c1CN(Cc1c(C)noc1C)C(=O)CC1COCCN1. The molecule has 2 aromatic heterocycles. The van der Waals surface area contributed by atoms with Crippen LogP contribution in [0.1, 0.15) is 40.5 Å². The lowest BCUT2D eigenvalue weighted by molar-refractivity contribution is -0.133. The lowest BCUT2D eigenvalue weighted by Crippen LogP contribution is -2.45. The van der Waals surface area contributed by atoms with E-state index in [9.17, 15) is 4.79 Å². The van der Waals surface area contributed by atoms with Gasteiger partial charge in [-0.2, -0.15) is 0 Å². The minimum Gasteiger partial charge on any atom is -0.378 e. The molecule has 2 aromatic rings. The zero-order chi connectivity index (χ0) is 18.7. The zero-order valence-electron chi connectivity index (χ0n) is 15.8. The largest absolute Gasteiger partial charge is 0.378 e. The van der Waals surface area contributed by atoms with Crippen LogP contribution in [0.25, 0.3) is 0 Å². The maximum absolute atomic E-state index is 13.0. The van der Waals surface area contributed by atoms with Gasteiger partial charge in [0.05, 0.1) is 37.7 Å². The molecule has 1 N–H and O–H groups in total. The maximum Gasteiger partial charge on any atom is 0.224 e. The molecule has 8 heteroatoms. The lowest BCUT2D eigenvalue weighted by atomic mass is 10.1. The Morgan fingerprint density at radius 2 is 1.65 bits per heavy atom. The maximum atomic E-state index is 13.0. The van der Waals surface area contributed by atoms with E-state index in [1.807, 2.05) is 32.6 Å². The summed E-state index contributed by atoms with van der Waals surface area (Å²) < 4.78 is 16.0. The predicted molar refractivity (Wildman–Crippen MR) is 93.4 cm³/mol. The molecule has 8 nitrogen and oxygen atoms in total. The van der Waals surface area contributed by atoms with Crippen LogP contribution in [0.2, 0.25) is 0 Å². The molecular formula is C18H26N4O4. The van der Waals surface area contributed by atoms with Crippen molar-refractivity contribution < 1.29 is 18.6 Å². The van der Waals surface area contributed by atoms with E-state index in [0.29, 0.717) is 32.7 Å². The van der Waals surface area contributed by atoms with Crippen molar-refractivity contribution in [2.24, 2.45) is 0 Å². The van der Waals surface area contributed by atoms with Gasteiger partial charge in [0.15, 0.2) is 0 Å². The molecule has 1 saturated heterocycles. The molecule has 3 heterocycles. The summed E-state index contributed by atoms with van der Waals surface area (Å²) in [4.78, 5) is 14.9. The molecule has 0 aromatic carbocycles. The smallest absolute Gasteiger partial charge is 0.224 e. The number of rotatable bonds is 6. The van der Waals surface area contributed by atoms with E-state index in [4.69, 9.17) is 13.8 Å². The Hall–Kier alpha value is -2.19. The second kappa shape index (κ2) is 8.01. The van der Waals surface area contributed by atoms with Crippen LogP contribution >= 0.6 is 0 Å². The molecule has 3 rings (SSSR count). The molecule has 0 bridgehead atoms. The van der Waals surface area contributed by atoms with Crippen molar-refractivity contribution in [3.05, 3.63) is 34.0 Å². The van der Waals surface area contributed by atoms with Gasteiger partial charge in [0, 0.05) is 30.1 Å². The lowest BCUT2D eigenvalue weighted by Gasteiger charge is -2.28. The Kier molecular flexibility index (Phi) is 5.73. The second-order valence-electron chi connectivity index (χ2n) is 6.79. The van der Waals surface area contributed by atoms with Crippen molar-refractivity contribution in [2.45, 2.75) is 53.2 Å². The molecule has 1 aliphatic rings. The summed E-state index contributed by atoms with van der Waals surface area (Å²) in [5, 5.41) is 11.3. The first-order valence-corrected chi connectivity index (χ1v) is 8.88. The van der Waals surface area contributed by atoms with Gasteiger partial charge in [-0.3, -0.25) is 4.79 Å². The van der Waals surface area contributed by atoms with Gasteiger partial charge >= 0.3 is 0 Å². The van der Waals surface area contributed by atoms with Gasteiger partial charge in [-0.1, -0.05) is 10.3 Å². The van der Waals surface area contributed by atoms with Gasteiger partial charge in [0.1, 0.15) is 11.5 Å². The number of hydrogen-bond acceptors (Lipinski definition) is 7. The molecular weight excluding hydrogens is 336 g/mol. The fraction of sp³-hybridized carbons (Fsp3) is 0.611. The number of aryl methyl sites for hydroxylation is 4. The zero-order valence-corrected chi connectivity index (χ0v) is 15.8. The Morgan fingerprint density at radius 1 is 1.08 bits per heavy atom. The van der Waals surface area contributed by atoms with E-state index in [2.05, 4.69) is 15.6 Å². The van der Waals surface area contributed by atoms with Gasteiger partial charge in [-0.15, -0.1) is 0 Å². The fourth-order valence-corrected chi connectivity index (χ4v) is 3.16. The quantitative estimate of drug-likeness (QED) is 0.837. The number of morpholine rings is 1. The van der Waals surface area contributed by atoms with Crippen LogP contribution in [0.4, 0.5) is 0 Å². The minimum absolute atomic E-state index is 0.0353. The fourth-order valence-electron chi connectivity index (χ4n) is 3.16. The van der Waals surface area contributed by atoms with E-state index < -0.39 is 0 Å². The molecule has 1 atom stereocenters. The number of carbonyl (C=O) groups is 1. The molecule has 0 radical (unpaired) electrons. The highest BCUT2D eigenvalue weighted by Gasteiger charge is 2.25. The first-order valence-electron chi connectivity index (χ1n) is 8.88. The normalized spacial score (nSPS) is 17.5.